The zero-order chi connectivity index (χ0) is 30.9. The van der Waals surface area contributed by atoms with Crippen molar-refractivity contribution in [3.05, 3.63) is 48.3 Å². The van der Waals surface area contributed by atoms with E-state index in [1.807, 2.05) is 30.6 Å². The third-order valence-electron chi connectivity index (χ3n) is 10.4. The van der Waals surface area contributed by atoms with Gasteiger partial charge in [0, 0.05) is 75.4 Å². The molecule has 2 atom stereocenters. The summed E-state index contributed by atoms with van der Waals surface area (Å²) in [7, 11) is 0. The third-order valence-corrected chi connectivity index (χ3v) is 10.4. The second-order valence-electron chi connectivity index (χ2n) is 13.3. The Hall–Kier alpha value is -4.03. The van der Waals surface area contributed by atoms with Crippen molar-refractivity contribution in [2.75, 3.05) is 61.3 Å². The zero-order valence-corrected chi connectivity index (χ0v) is 25.8. The average molecular weight is 613 g/mol. The van der Waals surface area contributed by atoms with Crippen LogP contribution in [0.1, 0.15) is 44.1 Å². The number of aromatic hydroxyl groups is 1. The van der Waals surface area contributed by atoms with Gasteiger partial charge in [-0.05, 0) is 74.6 Å². The van der Waals surface area contributed by atoms with Crippen molar-refractivity contribution < 1.29 is 9.90 Å². The molecule has 1 aromatic carbocycles. The van der Waals surface area contributed by atoms with Crippen molar-refractivity contribution in [2.45, 2.75) is 63.1 Å². The smallest absolute Gasteiger partial charge is 0.231 e. The van der Waals surface area contributed by atoms with Gasteiger partial charge in [-0.1, -0.05) is 12.1 Å². The molecule has 2 unspecified atom stereocenters. The maximum absolute atomic E-state index is 11.2. The second-order valence-corrected chi connectivity index (χ2v) is 13.3. The Morgan fingerprint density at radius 1 is 0.889 bits per heavy atom. The number of nitrogens with zero attached hydrogens (tertiary/aromatic N) is 8. The highest BCUT2D eigenvalue weighted by molar-refractivity contribution is 5.76. The van der Waals surface area contributed by atoms with E-state index in [-0.39, 0.29) is 11.7 Å². The maximum atomic E-state index is 11.2. The van der Waals surface area contributed by atoms with Crippen LogP contribution in [0.3, 0.4) is 0 Å². The number of carbonyl (C=O) groups is 1. The van der Waals surface area contributed by atoms with Crippen molar-refractivity contribution in [1.82, 2.24) is 30.0 Å². The van der Waals surface area contributed by atoms with Crippen molar-refractivity contribution in [2.24, 2.45) is 11.7 Å². The molecule has 2 aromatic heterocycles. The number of primary amides is 1. The van der Waals surface area contributed by atoms with E-state index in [4.69, 9.17) is 21.4 Å². The largest absolute Gasteiger partial charge is 0.507 e. The van der Waals surface area contributed by atoms with Crippen LogP contribution < -0.4 is 21.3 Å². The summed E-state index contributed by atoms with van der Waals surface area (Å²) < 4.78 is 0. The first-order chi connectivity index (χ1) is 21.9. The fourth-order valence-electron chi connectivity index (χ4n) is 8.03. The van der Waals surface area contributed by atoms with Crippen molar-refractivity contribution in [3.63, 3.8) is 0 Å². The van der Waals surface area contributed by atoms with E-state index in [2.05, 4.69) is 29.8 Å². The summed E-state index contributed by atoms with van der Waals surface area (Å²) in [5, 5.41) is 18.8. The first kappa shape index (κ1) is 29.7. The van der Waals surface area contributed by atoms with Gasteiger partial charge in [0.05, 0.1) is 17.9 Å². The predicted molar refractivity (Wildman–Crippen MR) is 174 cm³/mol. The van der Waals surface area contributed by atoms with Crippen LogP contribution in [0.5, 0.6) is 5.75 Å². The first-order valence-corrected chi connectivity index (χ1v) is 16.4. The summed E-state index contributed by atoms with van der Waals surface area (Å²) >= 11 is 0. The molecule has 4 fully saturated rings. The summed E-state index contributed by atoms with van der Waals surface area (Å²) in [6.45, 7) is 5.90. The maximum Gasteiger partial charge on any atom is 0.231 e. The van der Waals surface area contributed by atoms with E-state index >= 15 is 0 Å². The fourth-order valence-corrected chi connectivity index (χ4v) is 8.03. The van der Waals surface area contributed by atoms with E-state index in [0.29, 0.717) is 47.7 Å². The van der Waals surface area contributed by atoms with Gasteiger partial charge in [0.1, 0.15) is 5.75 Å². The van der Waals surface area contributed by atoms with Gasteiger partial charge < -0.3 is 26.4 Å². The molecule has 4 aliphatic rings. The third kappa shape index (κ3) is 6.39. The SMILES string of the molecule is NC(=O)CN1CCN([C@H]2CC[C@@H](Cc3cnc(N4C5CCC4CN(c4cc(-c6ccccc6O)nnc4N)C5)nc3)CC2)CC1. The number of hydrogen-bond donors (Lipinski definition) is 3. The molecule has 3 aromatic rings. The van der Waals surface area contributed by atoms with Crippen LogP contribution in [0.4, 0.5) is 17.5 Å². The summed E-state index contributed by atoms with van der Waals surface area (Å²) in [5.74, 6) is 1.84. The Labute approximate surface area is 264 Å². The Balaban J connectivity index is 0.933. The quantitative estimate of drug-likeness (QED) is 0.343. The number of benzene rings is 1. The van der Waals surface area contributed by atoms with Crippen LogP contribution in [-0.2, 0) is 11.2 Å². The van der Waals surface area contributed by atoms with Crippen LogP contribution in [-0.4, -0.2) is 105 Å². The molecule has 12 nitrogen and oxygen atoms in total. The normalized spacial score (nSPS) is 25.9. The monoisotopic (exact) mass is 612 g/mol. The standard InChI is InChI=1S/C33H44N10O2/c34-31(45)21-40-11-13-41(14-12-40)24-7-5-22(6-8-24)15-23-17-36-33(37-18-23)43-25-9-10-26(43)20-42(19-25)29-16-28(38-39-32(29)35)27-3-1-2-4-30(27)44/h1-4,16-18,22,24-26,44H,5-15,19-21H2,(H2,34,45)(H2,35,39)/t22-,24+,25?,26?. The number of hydrogen-bond acceptors (Lipinski definition) is 11. The van der Waals surface area contributed by atoms with Crippen LogP contribution >= 0.6 is 0 Å². The summed E-state index contributed by atoms with van der Waals surface area (Å²) in [5.41, 5.74) is 15.0. The number of aromatic nitrogens is 4. The number of rotatable bonds is 8. The second kappa shape index (κ2) is 12.8. The number of phenols is 1. The number of para-hydroxylation sites is 1. The summed E-state index contributed by atoms with van der Waals surface area (Å²) in [6, 6.07) is 10.4. The molecule has 3 saturated heterocycles. The number of nitrogen functional groups attached to an aromatic ring is 1. The summed E-state index contributed by atoms with van der Waals surface area (Å²) in [4.78, 5) is 30.5. The van der Waals surface area contributed by atoms with Crippen molar-refractivity contribution in [1.29, 1.82) is 0 Å². The molecular formula is C33H44N10O2. The van der Waals surface area contributed by atoms with Gasteiger partial charge in [-0.2, -0.15) is 0 Å². The predicted octanol–water partition coefficient (Wildman–Crippen LogP) is 2.28. The molecule has 45 heavy (non-hydrogen) atoms. The Bertz CT molecular complexity index is 1470. The number of amides is 1. The van der Waals surface area contributed by atoms with Crippen molar-refractivity contribution >= 4 is 23.4 Å². The molecule has 1 saturated carbocycles. The molecule has 3 aliphatic heterocycles. The minimum Gasteiger partial charge on any atom is -0.507 e. The van der Waals surface area contributed by atoms with Gasteiger partial charge in [0.15, 0.2) is 5.82 Å². The molecule has 238 valence electrons. The molecule has 0 radical (unpaired) electrons. The highest BCUT2D eigenvalue weighted by atomic mass is 16.3. The molecule has 1 amide bonds. The molecule has 12 heteroatoms. The molecule has 5 N–H and O–H groups in total. The number of fused-ring (bicyclic) bond motifs is 2. The molecule has 0 spiro atoms. The molecule has 7 rings (SSSR count). The molecule has 1 aliphatic carbocycles. The Morgan fingerprint density at radius 3 is 2.22 bits per heavy atom. The highest BCUT2D eigenvalue weighted by Crippen LogP contribution is 2.38. The molecule has 2 bridgehead atoms. The molecule has 5 heterocycles. The number of anilines is 3. The van der Waals surface area contributed by atoms with Crippen LogP contribution in [0, 0.1) is 5.92 Å². The van der Waals surface area contributed by atoms with E-state index in [0.717, 1.165) is 70.2 Å². The zero-order valence-electron chi connectivity index (χ0n) is 25.8. The highest BCUT2D eigenvalue weighted by Gasteiger charge is 2.42. The average Bonchev–Trinajstić information content (AvgIpc) is 3.31. The first-order valence-electron chi connectivity index (χ1n) is 16.4. The number of phenolic OH excluding ortho intramolecular Hbond substituents is 1. The van der Waals surface area contributed by atoms with Crippen molar-refractivity contribution in [3.8, 4) is 17.0 Å². The number of nitrogens with two attached hydrogens (primary N) is 2. The number of carbonyl (C=O) groups excluding carboxylic acids is 1. The van der Waals surface area contributed by atoms with Crippen LogP contribution in [0.25, 0.3) is 11.3 Å². The minimum absolute atomic E-state index is 0.175. The van der Waals surface area contributed by atoms with Gasteiger partial charge in [-0.15, -0.1) is 10.2 Å². The van der Waals surface area contributed by atoms with E-state index in [9.17, 15) is 9.90 Å². The van der Waals surface area contributed by atoms with Gasteiger partial charge >= 0.3 is 0 Å². The van der Waals surface area contributed by atoms with Crippen LogP contribution in [0.2, 0.25) is 0 Å². The lowest BCUT2D eigenvalue weighted by atomic mass is 9.82. The lowest BCUT2D eigenvalue weighted by molar-refractivity contribution is -0.119. The van der Waals surface area contributed by atoms with E-state index < -0.39 is 0 Å². The lowest BCUT2D eigenvalue weighted by Crippen LogP contribution is -2.54. The topological polar surface area (TPSA) is 154 Å². The van der Waals surface area contributed by atoms with Gasteiger partial charge in [0.2, 0.25) is 11.9 Å². The summed E-state index contributed by atoms with van der Waals surface area (Å²) in [6.07, 6.45) is 12.2. The van der Waals surface area contributed by atoms with Gasteiger partial charge in [-0.25, -0.2) is 9.97 Å². The Kier molecular flexibility index (Phi) is 8.41. The van der Waals surface area contributed by atoms with Gasteiger partial charge in [-0.3, -0.25) is 14.6 Å². The lowest BCUT2D eigenvalue weighted by Gasteiger charge is -2.42. The van der Waals surface area contributed by atoms with E-state index in [1.165, 1.54) is 31.2 Å². The van der Waals surface area contributed by atoms with Crippen LogP contribution in [0.15, 0.2) is 42.7 Å². The Morgan fingerprint density at radius 2 is 1.56 bits per heavy atom. The minimum atomic E-state index is -0.235. The van der Waals surface area contributed by atoms with E-state index in [1.54, 1.807) is 12.1 Å². The fraction of sp³-hybridized carbons (Fsp3) is 0.545. The number of piperazine rings is 2. The van der Waals surface area contributed by atoms with Gasteiger partial charge in [0.25, 0.3) is 0 Å². The molecular weight excluding hydrogens is 568 g/mol.